The fourth-order valence-electron chi connectivity index (χ4n) is 2.39. The van der Waals surface area contributed by atoms with Gasteiger partial charge >= 0.3 is 5.97 Å². The number of hydrogen-bond donors (Lipinski definition) is 1. The lowest BCUT2D eigenvalue weighted by molar-refractivity contribution is 0.0685. The van der Waals surface area contributed by atoms with Crippen LogP contribution in [-0.2, 0) is 21.3 Å². The summed E-state index contributed by atoms with van der Waals surface area (Å²) in [4.78, 5) is 11.2. The Morgan fingerprint density at radius 1 is 1.52 bits per heavy atom. The summed E-state index contributed by atoms with van der Waals surface area (Å²) in [6.45, 7) is 5.19. The van der Waals surface area contributed by atoms with Gasteiger partial charge in [-0.3, -0.25) is 0 Å². The van der Waals surface area contributed by atoms with E-state index in [1.54, 1.807) is 6.92 Å². The van der Waals surface area contributed by atoms with Gasteiger partial charge in [-0.1, -0.05) is 0 Å². The molecule has 1 atom stereocenters. The predicted molar refractivity (Wildman–Crippen MR) is 75.9 cm³/mol. The lowest BCUT2D eigenvalue weighted by Gasteiger charge is -2.20. The third-order valence-electron chi connectivity index (χ3n) is 3.48. The minimum absolute atomic E-state index is 0.0183. The lowest BCUT2D eigenvalue weighted by atomic mass is 10.4. The maximum absolute atomic E-state index is 12.7. The number of rotatable bonds is 4. The minimum atomic E-state index is -3.69. The van der Waals surface area contributed by atoms with Gasteiger partial charge in [0.05, 0.1) is 6.10 Å². The molecule has 0 radical (unpaired) electrons. The van der Waals surface area contributed by atoms with Crippen LogP contribution >= 0.6 is 0 Å². The van der Waals surface area contributed by atoms with Crippen LogP contribution in [0.1, 0.15) is 30.8 Å². The zero-order chi connectivity index (χ0) is 15.6. The molecule has 2 rings (SSSR count). The summed E-state index contributed by atoms with van der Waals surface area (Å²) in [7, 11) is -3.69. The van der Waals surface area contributed by atoms with Crippen molar-refractivity contribution in [3.63, 3.8) is 0 Å². The number of carboxylic acid groups (broad SMARTS) is 1. The summed E-state index contributed by atoms with van der Waals surface area (Å²) >= 11 is 0. The molecule has 1 aliphatic rings. The average Bonchev–Trinajstić information content (AvgIpc) is 2.75. The van der Waals surface area contributed by atoms with E-state index in [4.69, 9.17) is 9.84 Å². The molecule has 8 heteroatoms. The summed E-state index contributed by atoms with van der Waals surface area (Å²) in [6, 6.07) is 1.22. The zero-order valence-electron chi connectivity index (χ0n) is 12.2. The van der Waals surface area contributed by atoms with Gasteiger partial charge in [0.1, 0.15) is 10.6 Å². The first-order chi connectivity index (χ1) is 9.86. The zero-order valence-corrected chi connectivity index (χ0v) is 13.0. The van der Waals surface area contributed by atoms with Crippen LogP contribution in [0.2, 0.25) is 0 Å². The summed E-state index contributed by atoms with van der Waals surface area (Å²) < 4.78 is 33.5. The highest BCUT2D eigenvalue weighted by Gasteiger charge is 2.30. The van der Waals surface area contributed by atoms with Gasteiger partial charge in [0.25, 0.3) is 0 Å². The Labute approximate surface area is 124 Å². The van der Waals surface area contributed by atoms with Crippen molar-refractivity contribution in [2.24, 2.45) is 0 Å². The van der Waals surface area contributed by atoms with Gasteiger partial charge in [-0.25, -0.2) is 13.2 Å². The van der Waals surface area contributed by atoms with Crippen molar-refractivity contribution < 1.29 is 23.1 Å². The lowest BCUT2D eigenvalue weighted by Crippen LogP contribution is -2.35. The highest BCUT2D eigenvalue weighted by atomic mass is 32.2. The molecular weight excluding hydrogens is 296 g/mol. The fourth-order valence-corrected chi connectivity index (χ4v) is 3.98. The molecule has 1 aromatic heterocycles. The smallest absolute Gasteiger partial charge is 0.352 e. The molecule has 1 aromatic rings. The maximum Gasteiger partial charge on any atom is 0.352 e. The number of sulfonamides is 1. The normalized spacial score (nSPS) is 21.1. The van der Waals surface area contributed by atoms with E-state index >= 15 is 0 Å². The summed E-state index contributed by atoms with van der Waals surface area (Å²) in [6.07, 6.45) is 1.84. The molecule has 1 fully saturated rings. The quantitative estimate of drug-likeness (QED) is 0.895. The first-order valence-corrected chi connectivity index (χ1v) is 8.35. The second-order valence-corrected chi connectivity index (χ2v) is 6.99. The van der Waals surface area contributed by atoms with E-state index in [-0.39, 0.29) is 23.2 Å². The van der Waals surface area contributed by atoms with Crippen LogP contribution in [0.5, 0.6) is 0 Å². The third kappa shape index (κ3) is 3.28. The Morgan fingerprint density at radius 2 is 2.24 bits per heavy atom. The Bertz CT molecular complexity index is 623. The standard InChI is InChI=1S/C13H20N2O5S/c1-3-14-9-11(7-12(14)13(16)17)21(18,19)15-5-4-6-20-10(2)8-15/h7,9-10H,3-6,8H2,1-2H3,(H,16,17). The Kier molecular flexibility index (Phi) is 4.70. The van der Waals surface area contributed by atoms with Gasteiger partial charge in [0, 0.05) is 32.4 Å². The molecular formula is C13H20N2O5S. The van der Waals surface area contributed by atoms with Gasteiger partial charge in [0.2, 0.25) is 10.0 Å². The van der Waals surface area contributed by atoms with E-state index in [1.165, 1.54) is 21.1 Å². The van der Waals surface area contributed by atoms with Gasteiger partial charge in [-0.15, -0.1) is 0 Å². The molecule has 7 nitrogen and oxygen atoms in total. The second-order valence-electron chi connectivity index (χ2n) is 5.05. The Hall–Kier alpha value is -1.38. The highest BCUT2D eigenvalue weighted by Crippen LogP contribution is 2.21. The fraction of sp³-hybridized carbons (Fsp3) is 0.615. The van der Waals surface area contributed by atoms with Gasteiger partial charge in [-0.2, -0.15) is 4.31 Å². The molecule has 0 aromatic carbocycles. The molecule has 0 spiro atoms. The third-order valence-corrected chi connectivity index (χ3v) is 5.31. The molecule has 1 N–H and O–H groups in total. The largest absolute Gasteiger partial charge is 0.477 e. The van der Waals surface area contributed by atoms with Crippen LogP contribution in [0.4, 0.5) is 0 Å². The van der Waals surface area contributed by atoms with E-state index in [9.17, 15) is 13.2 Å². The molecule has 1 unspecified atom stereocenters. The Morgan fingerprint density at radius 3 is 2.81 bits per heavy atom. The number of hydrogen-bond acceptors (Lipinski definition) is 4. The van der Waals surface area contributed by atoms with Crippen LogP contribution in [-0.4, -0.2) is 54.2 Å². The molecule has 118 valence electrons. The predicted octanol–water partition coefficient (Wildman–Crippen LogP) is 1.01. The number of aryl methyl sites for hydroxylation is 1. The molecule has 0 bridgehead atoms. The van der Waals surface area contributed by atoms with Crippen molar-refractivity contribution in [1.82, 2.24) is 8.87 Å². The van der Waals surface area contributed by atoms with Crippen molar-refractivity contribution >= 4 is 16.0 Å². The van der Waals surface area contributed by atoms with Crippen molar-refractivity contribution in [3.05, 3.63) is 18.0 Å². The minimum Gasteiger partial charge on any atom is -0.477 e. The van der Waals surface area contributed by atoms with Crippen molar-refractivity contribution in [2.45, 2.75) is 37.8 Å². The number of aromatic carboxylic acids is 1. The van der Waals surface area contributed by atoms with Crippen molar-refractivity contribution in [1.29, 1.82) is 0 Å². The first kappa shape index (κ1) is 16.0. The number of carboxylic acids is 1. The van der Waals surface area contributed by atoms with E-state index in [0.717, 1.165) is 0 Å². The molecule has 21 heavy (non-hydrogen) atoms. The first-order valence-electron chi connectivity index (χ1n) is 6.91. The van der Waals surface area contributed by atoms with Gasteiger partial charge in [0.15, 0.2) is 0 Å². The second kappa shape index (κ2) is 6.17. The van der Waals surface area contributed by atoms with E-state index in [1.807, 2.05) is 6.92 Å². The number of carbonyl (C=O) groups is 1. The average molecular weight is 316 g/mol. The SMILES string of the molecule is CCn1cc(S(=O)(=O)N2CCCOC(C)C2)cc1C(=O)O. The van der Waals surface area contributed by atoms with Crippen molar-refractivity contribution in [3.8, 4) is 0 Å². The summed E-state index contributed by atoms with van der Waals surface area (Å²) in [5.41, 5.74) is -0.0183. The molecule has 2 heterocycles. The Balaban J connectivity index is 2.36. The summed E-state index contributed by atoms with van der Waals surface area (Å²) in [5.74, 6) is -1.13. The van der Waals surface area contributed by atoms with Crippen molar-refractivity contribution in [2.75, 3.05) is 19.7 Å². The highest BCUT2D eigenvalue weighted by molar-refractivity contribution is 7.89. The molecule has 0 saturated carbocycles. The molecule has 1 aliphatic heterocycles. The topological polar surface area (TPSA) is 88.8 Å². The van der Waals surface area contributed by atoms with Gasteiger partial charge < -0.3 is 14.4 Å². The number of ether oxygens (including phenoxy) is 1. The van der Waals surface area contributed by atoms with Gasteiger partial charge in [-0.05, 0) is 26.3 Å². The van der Waals surface area contributed by atoms with Crippen LogP contribution in [0.25, 0.3) is 0 Å². The van der Waals surface area contributed by atoms with E-state index in [0.29, 0.717) is 26.1 Å². The van der Waals surface area contributed by atoms with E-state index in [2.05, 4.69) is 0 Å². The number of nitrogens with zero attached hydrogens (tertiary/aromatic N) is 2. The number of aromatic nitrogens is 1. The molecule has 0 aliphatic carbocycles. The molecule has 1 saturated heterocycles. The molecule has 0 amide bonds. The van der Waals surface area contributed by atoms with Crippen LogP contribution in [0.15, 0.2) is 17.2 Å². The van der Waals surface area contributed by atoms with E-state index < -0.39 is 16.0 Å². The van der Waals surface area contributed by atoms with Crippen LogP contribution in [0, 0.1) is 0 Å². The summed E-state index contributed by atoms with van der Waals surface area (Å²) in [5, 5.41) is 9.12. The monoisotopic (exact) mass is 316 g/mol. The maximum atomic E-state index is 12.7. The van der Waals surface area contributed by atoms with Crippen LogP contribution < -0.4 is 0 Å². The van der Waals surface area contributed by atoms with Crippen LogP contribution in [0.3, 0.4) is 0 Å².